The molecule has 0 radical (unpaired) electrons. The van der Waals surface area contributed by atoms with Crippen molar-refractivity contribution in [1.82, 2.24) is 24.4 Å². The lowest BCUT2D eigenvalue weighted by Gasteiger charge is -2.34. The number of aromatic nitrogens is 4. The van der Waals surface area contributed by atoms with Crippen LogP contribution in [0.25, 0.3) is 33.7 Å². The molecule has 7 heteroatoms. The number of imidazole rings is 1. The fourth-order valence-electron chi connectivity index (χ4n) is 4.90. The van der Waals surface area contributed by atoms with Gasteiger partial charge in [0.25, 0.3) is 0 Å². The Bertz CT molecular complexity index is 1430. The monoisotopic (exact) mass is 494 g/mol. The van der Waals surface area contributed by atoms with Crippen LogP contribution in [-0.2, 0) is 6.54 Å². The minimum Gasteiger partial charge on any atom is -0.346 e. The molecule has 2 aromatic carbocycles. The van der Waals surface area contributed by atoms with E-state index in [2.05, 4.69) is 80.2 Å². The van der Waals surface area contributed by atoms with E-state index in [1.54, 1.807) is 11.3 Å². The topological polar surface area (TPSA) is 50.1 Å². The first-order valence-electron chi connectivity index (χ1n) is 12.6. The van der Waals surface area contributed by atoms with Crippen molar-refractivity contribution < 1.29 is 0 Å². The number of benzene rings is 2. The molecule has 1 aliphatic rings. The molecule has 0 bridgehead atoms. The molecule has 4 heterocycles. The quantitative estimate of drug-likeness (QED) is 0.289. The van der Waals surface area contributed by atoms with Crippen molar-refractivity contribution in [2.75, 3.05) is 37.6 Å². The lowest BCUT2D eigenvalue weighted by atomic mass is 10.1. The highest BCUT2D eigenvalue weighted by Crippen LogP contribution is 2.29. The van der Waals surface area contributed by atoms with Crippen LogP contribution in [0.5, 0.6) is 0 Å². The number of thiazole rings is 1. The summed E-state index contributed by atoms with van der Waals surface area (Å²) >= 11 is 1.75. The van der Waals surface area contributed by atoms with Crippen LogP contribution in [0, 0.1) is 6.92 Å². The van der Waals surface area contributed by atoms with Crippen molar-refractivity contribution in [2.24, 2.45) is 0 Å². The van der Waals surface area contributed by atoms with Crippen LogP contribution in [0.15, 0.2) is 78.4 Å². The van der Waals surface area contributed by atoms with Crippen molar-refractivity contribution in [2.45, 2.75) is 19.9 Å². The van der Waals surface area contributed by atoms with Crippen LogP contribution in [0.2, 0.25) is 0 Å². The summed E-state index contributed by atoms with van der Waals surface area (Å²) in [5.41, 5.74) is 6.91. The van der Waals surface area contributed by atoms with E-state index in [1.165, 1.54) is 16.6 Å². The molecule has 6 nitrogen and oxygen atoms in total. The highest BCUT2D eigenvalue weighted by molar-refractivity contribution is 7.14. The lowest BCUT2D eigenvalue weighted by molar-refractivity contribution is 0.251. The number of hydrogen-bond acceptors (Lipinski definition) is 6. The number of pyridine rings is 1. The molecular formula is C29H30N6S. The van der Waals surface area contributed by atoms with Crippen LogP contribution < -0.4 is 4.90 Å². The lowest BCUT2D eigenvalue weighted by Crippen LogP contribution is -2.46. The van der Waals surface area contributed by atoms with Crippen molar-refractivity contribution in [1.29, 1.82) is 0 Å². The molecule has 5 aromatic rings. The molecule has 6 rings (SSSR count). The number of piperazine rings is 1. The maximum absolute atomic E-state index is 4.93. The van der Waals surface area contributed by atoms with E-state index < -0.39 is 0 Å². The highest BCUT2D eigenvalue weighted by Gasteiger charge is 2.20. The van der Waals surface area contributed by atoms with E-state index in [4.69, 9.17) is 9.97 Å². The van der Waals surface area contributed by atoms with Gasteiger partial charge in [0.2, 0.25) is 0 Å². The van der Waals surface area contributed by atoms with E-state index in [9.17, 15) is 0 Å². The van der Waals surface area contributed by atoms with Gasteiger partial charge in [-0.2, -0.15) is 0 Å². The van der Waals surface area contributed by atoms with Gasteiger partial charge >= 0.3 is 0 Å². The van der Waals surface area contributed by atoms with Crippen molar-refractivity contribution in [3.05, 3.63) is 84.0 Å². The summed E-state index contributed by atoms with van der Waals surface area (Å²) in [6.07, 6.45) is 4.77. The van der Waals surface area contributed by atoms with E-state index in [0.717, 1.165) is 73.4 Å². The Morgan fingerprint density at radius 2 is 1.58 bits per heavy atom. The van der Waals surface area contributed by atoms with Crippen LogP contribution in [0.4, 0.5) is 5.13 Å². The zero-order valence-corrected chi connectivity index (χ0v) is 21.4. The third-order valence-electron chi connectivity index (χ3n) is 6.93. The zero-order valence-electron chi connectivity index (χ0n) is 20.5. The Labute approximate surface area is 215 Å². The van der Waals surface area contributed by atoms with Gasteiger partial charge in [-0.1, -0.05) is 42.0 Å². The summed E-state index contributed by atoms with van der Waals surface area (Å²) in [7, 11) is 0. The second kappa shape index (κ2) is 10.2. The first-order valence-corrected chi connectivity index (χ1v) is 13.5. The molecule has 0 N–H and O–H groups in total. The van der Waals surface area contributed by atoms with Crippen LogP contribution in [0.1, 0.15) is 12.0 Å². The van der Waals surface area contributed by atoms with E-state index in [1.807, 2.05) is 24.5 Å². The first-order chi connectivity index (χ1) is 17.7. The predicted molar refractivity (Wildman–Crippen MR) is 149 cm³/mol. The molecule has 0 spiro atoms. The number of aryl methyl sites for hydroxylation is 2. The number of fused-ring (bicyclic) bond motifs is 1. The third kappa shape index (κ3) is 4.76. The smallest absolute Gasteiger partial charge is 0.185 e. The van der Waals surface area contributed by atoms with Crippen LogP contribution in [-0.4, -0.2) is 57.1 Å². The Balaban J connectivity index is 1.07. The molecular weight excluding hydrogens is 464 g/mol. The van der Waals surface area contributed by atoms with Gasteiger partial charge in [0.15, 0.2) is 5.13 Å². The van der Waals surface area contributed by atoms with E-state index in [-0.39, 0.29) is 0 Å². The average molecular weight is 495 g/mol. The molecule has 36 heavy (non-hydrogen) atoms. The van der Waals surface area contributed by atoms with Crippen molar-refractivity contribution in [3.63, 3.8) is 0 Å². The fraction of sp³-hybridized carbons (Fsp3) is 0.276. The number of hydrogen-bond donors (Lipinski definition) is 0. The molecule has 1 fully saturated rings. The standard InChI is InChI=1S/C29H30N6S/c1-22-7-9-23(10-8-22)26-21-36-29(32-26)34-19-17-33(18-20-34)15-4-16-35-27-6-3-2-5-25(27)31-28(35)24-11-13-30-14-12-24/h2-3,5-14,21H,4,15-20H2,1H3. The van der Waals surface area contributed by atoms with Gasteiger partial charge in [0.1, 0.15) is 5.82 Å². The third-order valence-corrected chi connectivity index (χ3v) is 7.83. The van der Waals surface area contributed by atoms with E-state index >= 15 is 0 Å². The summed E-state index contributed by atoms with van der Waals surface area (Å²) in [5.74, 6) is 1.02. The summed E-state index contributed by atoms with van der Waals surface area (Å²) in [4.78, 5) is 19.1. The normalized spacial score (nSPS) is 14.5. The number of rotatable bonds is 7. The van der Waals surface area contributed by atoms with Crippen LogP contribution >= 0.6 is 11.3 Å². The van der Waals surface area contributed by atoms with Crippen molar-refractivity contribution in [3.8, 4) is 22.6 Å². The molecule has 182 valence electrons. The highest BCUT2D eigenvalue weighted by atomic mass is 32.1. The number of anilines is 1. The Morgan fingerprint density at radius 3 is 2.39 bits per heavy atom. The summed E-state index contributed by atoms with van der Waals surface area (Å²) in [5, 5.41) is 3.32. The minimum atomic E-state index is 0.949. The molecule has 0 amide bonds. The molecule has 0 saturated carbocycles. The van der Waals surface area contributed by atoms with Gasteiger partial charge in [0, 0.05) is 61.6 Å². The van der Waals surface area contributed by atoms with Gasteiger partial charge < -0.3 is 9.47 Å². The summed E-state index contributed by atoms with van der Waals surface area (Å²) in [6, 6.07) is 21.1. The van der Waals surface area contributed by atoms with Gasteiger partial charge in [-0.05, 0) is 44.2 Å². The minimum absolute atomic E-state index is 0.949. The molecule has 0 atom stereocenters. The second-order valence-corrected chi connectivity index (χ2v) is 10.2. The fourth-order valence-corrected chi connectivity index (χ4v) is 5.79. The number of nitrogens with zero attached hydrogens (tertiary/aromatic N) is 6. The van der Waals surface area contributed by atoms with Gasteiger partial charge in [-0.15, -0.1) is 11.3 Å². The average Bonchev–Trinajstić information content (AvgIpc) is 3.56. The maximum atomic E-state index is 4.93. The molecule has 1 aliphatic heterocycles. The Morgan fingerprint density at radius 1 is 0.806 bits per heavy atom. The second-order valence-electron chi connectivity index (χ2n) is 9.38. The van der Waals surface area contributed by atoms with Gasteiger partial charge in [-0.25, -0.2) is 9.97 Å². The summed E-state index contributed by atoms with van der Waals surface area (Å²) in [6.45, 7) is 8.34. The molecule has 1 saturated heterocycles. The van der Waals surface area contributed by atoms with Gasteiger partial charge in [0.05, 0.1) is 16.7 Å². The molecule has 3 aromatic heterocycles. The predicted octanol–water partition coefficient (Wildman–Crippen LogP) is 5.74. The first kappa shape index (κ1) is 22.9. The van der Waals surface area contributed by atoms with Crippen molar-refractivity contribution >= 4 is 27.5 Å². The Hall–Kier alpha value is -3.55. The van der Waals surface area contributed by atoms with Gasteiger partial charge in [-0.3, -0.25) is 9.88 Å². The largest absolute Gasteiger partial charge is 0.346 e. The zero-order chi connectivity index (χ0) is 24.3. The molecule has 0 unspecified atom stereocenters. The maximum Gasteiger partial charge on any atom is 0.185 e. The number of para-hydroxylation sites is 2. The van der Waals surface area contributed by atoms with E-state index in [0.29, 0.717) is 0 Å². The summed E-state index contributed by atoms with van der Waals surface area (Å²) < 4.78 is 2.36. The Kier molecular flexibility index (Phi) is 6.49. The van der Waals surface area contributed by atoms with Crippen LogP contribution in [0.3, 0.4) is 0 Å². The SMILES string of the molecule is Cc1ccc(-c2csc(N3CCN(CCCn4c(-c5ccncc5)nc5ccccc54)CC3)n2)cc1. The molecule has 0 aliphatic carbocycles.